The number of fused-ring (bicyclic) bond motifs is 1. The zero-order valence-corrected chi connectivity index (χ0v) is 12.4. The van der Waals surface area contributed by atoms with Crippen molar-refractivity contribution in [2.75, 3.05) is 32.4 Å². The Bertz CT molecular complexity index is 581. The van der Waals surface area contributed by atoms with Crippen LogP contribution in [0.4, 0.5) is 5.69 Å². The van der Waals surface area contributed by atoms with Crippen LogP contribution in [-0.2, 0) is 6.42 Å². The highest BCUT2D eigenvalue weighted by atomic mass is 15.3. The first-order chi connectivity index (χ1) is 9.68. The van der Waals surface area contributed by atoms with Gasteiger partial charge < -0.3 is 10.2 Å². The summed E-state index contributed by atoms with van der Waals surface area (Å²) >= 11 is 0. The van der Waals surface area contributed by atoms with Gasteiger partial charge in [-0.2, -0.15) is 5.10 Å². The number of piperidine rings is 1. The van der Waals surface area contributed by atoms with E-state index in [1.807, 2.05) is 28.9 Å². The van der Waals surface area contributed by atoms with Crippen molar-refractivity contribution in [3.05, 3.63) is 30.1 Å². The molecule has 4 nitrogen and oxygen atoms in total. The van der Waals surface area contributed by atoms with Gasteiger partial charge in [0.05, 0.1) is 43.6 Å². The molecule has 0 aliphatic carbocycles. The Morgan fingerprint density at radius 1 is 1.25 bits per heavy atom. The molecule has 0 aromatic carbocycles. The maximum absolute atomic E-state index is 6.20. The highest BCUT2D eigenvalue weighted by Gasteiger charge is 2.24. The van der Waals surface area contributed by atoms with Crippen LogP contribution in [0.25, 0.3) is 5.52 Å². The van der Waals surface area contributed by atoms with E-state index in [2.05, 4.69) is 12.1 Å². The number of quaternary nitrogens is 1. The molecule has 1 aliphatic heterocycles. The minimum Gasteiger partial charge on any atom is -0.395 e. The van der Waals surface area contributed by atoms with Crippen LogP contribution in [0.3, 0.4) is 0 Å². The zero-order chi connectivity index (χ0) is 14.0. The van der Waals surface area contributed by atoms with E-state index in [-0.39, 0.29) is 0 Å². The van der Waals surface area contributed by atoms with E-state index in [4.69, 9.17) is 5.73 Å². The maximum Gasteiger partial charge on any atom is 0.0894 e. The number of nitrogen functional groups attached to an aromatic ring is 1. The minimum atomic E-state index is 0.854. The first-order valence-corrected chi connectivity index (χ1v) is 7.73. The third-order valence-corrected chi connectivity index (χ3v) is 4.66. The summed E-state index contributed by atoms with van der Waals surface area (Å²) in [5, 5.41) is 4.60. The summed E-state index contributed by atoms with van der Waals surface area (Å²) in [6.07, 6.45) is 8.30. The van der Waals surface area contributed by atoms with Gasteiger partial charge in [-0.1, -0.05) is 6.07 Å². The number of rotatable bonds is 4. The van der Waals surface area contributed by atoms with Crippen LogP contribution in [-0.4, -0.2) is 40.8 Å². The van der Waals surface area contributed by atoms with Crippen molar-refractivity contribution in [2.45, 2.75) is 32.1 Å². The van der Waals surface area contributed by atoms with Gasteiger partial charge in [0, 0.05) is 12.6 Å². The second kappa shape index (κ2) is 5.44. The Hall–Kier alpha value is -1.55. The zero-order valence-electron chi connectivity index (χ0n) is 12.4. The quantitative estimate of drug-likeness (QED) is 0.870. The van der Waals surface area contributed by atoms with E-state index in [1.165, 1.54) is 49.8 Å². The minimum absolute atomic E-state index is 0.854. The molecule has 4 heteroatoms. The van der Waals surface area contributed by atoms with Crippen molar-refractivity contribution in [3.63, 3.8) is 0 Å². The molecular weight excluding hydrogens is 248 g/mol. The number of hydrogen-bond donors (Lipinski definition) is 1. The molecule has 0 radical (unpaired) electrons. The van der Waals surface area contributed by atoms with Crippen LogP contribution in [0.15, 0.2) is 24.4 Å². The molecule has 1 saturated heterocycles. The summed E-state index contributed by atoms with van der Waals surface area (Å²) in [7, 11) is 2.40. The van der Waals surface area contributed by atoms with Crippen LogP contribution in [0.2, 0.25) is 0 Å². The molecule has 0 saturated carbocycles. The number of likely N-dealkylation sites (tertiary alicyclic amines) is 1. The summed E-state index contributed by atoms with van der Waals surface area (Å²) in [6, 6.07) is 6.03. The van der Waals surface area contributed by atoms with Gasteiger partial charge in [-0.15, -0.1) is 0 Å². The molecule has 0 bridgehead atoms. The second-order valence-corrected chi connectivity index (χ2v) is 6.35. The van der Waals surface area contributed by atoms with Gasteiger partial charge in [-0.3, -0.25) is 0 Å². The van der Waals surface area contributed by atoms with Crippen LogP contribution in [0, 0.1) is 0 Å². The van der Waals surface area contributed by atoms with Gasteiger partial charge in [0.1, 0.15) is 0 Å². The molecule has 2 aromatic rings. The van der Waals surface area contributed by atoms with Crippen molar-refractivity contribution in [1.29, 1.82) is 0 Å². The van der Waals surface area contributed by atoms with Crippen LogP contribution in [0.1, 0.15) is 31.4 Å². The number of aromatic nitrogens is 2. The fourth-order valence-corrected chi connectivity index (χ4v) is 3.38. The maximum atomic E-state index is 6.20. The van der Waals surface area contributed by atoms with E-state index in [1.54, 1.807) is 0 Å². The highest BCUT2D eigenvalue weighted by Crippen LogP contribution is 2.21. The summed E-state index contributed by atoms with van der Waals surface area (Å²) in [4.78, 5) is 0. The Balaban J connectivity index is 1.63. The van der Waals surface area contributed by atoms with Crippen LogP contribution >= 0.6 is 0 Å². The number of hydrogen-bond acceptors (Lipinski definition) is 2. The molecule has 1 fully saturated rings. The Labute approximate surface area is 120 Å². The molecule has 2 N–H and O–H groups in total. The second-order valence-electron chi connectivity index (χ2n) is 6.35. The number of pyridine rings is 1. The average molecular weight is 273 g/mol. The van der Waals surface area contributed by atoms with Crippen LogP contribution in [0.5, 0.6) is 0 Å². The monoisotopic (exact) mass is 273 g/mol. The third kappa shape index (κ3) is 2.66. The SMILES string of the molecule is C[N+]1(CCCc2nn3ccccc3c2N)CCCCC1. The van der Waals surface area contributed by atoms with E-state index in [0.29, 0.717) is 0 Å². The molecule has 1 aliphatic rings. The molecule has 3 rings (SSSR count). The third-order valence-electron chi connectivity index (χ3n) is 4.66. The number of nitrogens with zero attached hydrogens (tertiary/aromatic N) is 3. The van der Waals surface area contributed by atoms with E-state index in [9.17, 15) is 0 Å². The van der Waals surface area contributed by atoms with Gasteiger partial charge in [0.15, 0.2) is 0 Å². The first-order valence-electron chi connectivity index (χ1n) is 7.73. The standard InChI is InChI=1S/C16H25N4/c1-20(11-5-2-6-12-20)13-7-8-14-16(17)15-9-3-4-10-19(15)18-14/h3-4,9-10H,2,5-8,11-13,17H2,1H3/q+1. The van der Waals surface area contributed by atoms with Crippen molar-refractivity contribution in [3.8, 4) is 0 Å². The molecule has 3 heterocycles. The first kappa shape index (κ1) is 13.4. The van der Waals surface area contributed by atoms with Gasteiger partial charge in [-0.25, -0.2) is 4.52 Å². The van der Waals surface area contributed by atoms with E-state index >= 15 is 0 Å². The smallest absolute Gasteiger partial charge is 0.0894 e. The molecule has 20 heavy (non-hydrogen) atoms. The largest absolute Gasteiger partial charge is 0.395 e. The molecular formula is C16H25N4+. The van der Waals surface area contributed by atoms with Crippen molar-refractivity contribution in [2.24, 2.45) is 0 Å². The topological polar surface area (TPSA) is 43.3 Å². The predicted octanol–water partition coefficient (Wildman–Crippen LogP) is 2.48. The number of anilines is 1. The Morgan fingerprint density at radius 2 is 2.05 bits per heavy atom. The van der Waals surface area contributed by atoms with Gasteiger partial charge in [0.2, 0.25) is 0 Å². The summed E-state index contributed by atoms with van der Waals surface area (Å²) < 4.78 is 3.12. The summed E-state index contributed by atoms with van der Waals surface area (Å²) in [6.45, 7) is 3.91. The Morgan fingerprint density at radius 3 is 2.80 bits per heavy atom. The molecule has 0 spiro atoms. The predicted molar refractivity (Wildman–Crippen MR) is 82.6 cm³/mol. The molecule has 0 amide bonds. The molecule has 0 atom stereocenters. The van der Waals surface area contributed by atoms with Gasteiger partial charge in [0.25, 0.3) is 0 Å². The highest BCUT2D eigenvalue weighted by molar-refractivity contribution is 5.71. The van der Waals surface area contributed by atoms with E-state index in [0.717, 1.165) is 23.3 Å². The molecule has 0 unspecified atom stereocenters. The lowest BCUT2D eigenvalue weighted by atomic mass is 10.1. The van der Waals surface area contributed by atoms with Gasteiger partial charge >= 0.3 is 0 Å². The van der Waals surface area contributed by atoms with Crippen molar-refractivity contribution >= 4 is 11.2 Å². The lowest BCUT2D eigenvalue weighted by molar-refractivity contribution is -0.914. The van der Waals surface area contributed by atoms with Gasteiger partial charge in [-0.05, 0) is 37.8 Å². The lowest BCUT2D eigenvalue weighted by Crippen LogP contribution is -2.48. The fourth-order valence-electron chi connectivity index (χ4n) is 3.38. The fraction of sp³-hybridized carbons (Fsp3) is 0.562. The van der Waals surface area contributed by atoms with Crippen molar-refractivity contribution < 1.29 is 4.48 Å². The average Bonchev–Trinajstić information content (AvgIpc) is 2.77. The number of nitrogens with two attached hydrogens (primary N) is 1. The Kier molecular flexibility index (Phi) is 3.66. The summed E-state index contributed by atoms with van der Waals surface area (Å²) in [5.74, 6) is 0. The van der Waals surface area contributed by atoms with Crippen LogP contribution < -0.4 is 5.73 Å². The summed E-state index contributed by atoms with van der Waals surface area (Å²) in [5.41, 5.74) is 9.14. The van der Waals surface area contributed by atoms with E-state index < -0.39 is 0 Å². The van der Waals surface area contributed by atoms with Crippen molar-refractivity contribution in [1.82, 2.24) is 9.61 Å². The normalized spacial score (nSPS) is 18.4. The molecule has 108 valence electrons. The lowest BCUT2D eigenvalue weighted by Gasteiger charge is -2.37. The molecule has 2 aromatic heterocycles. The number of aryl methyl sites for hydroxylation is 1.